The van der Waals surface area contributed by atoms with E-state index in [1.54, 1.807) is 6.07 Å². The van der Waals surface area contributed by atoms with Crippen LogP contribution in [0.5, 0.6) is 0 Å². The normalized spacial score (nSPS) is 11.3. The number of carbonyl (C=O) groups is 1. The molecule has 0 aliphatic carbocycles. The summed E-state index contributed by atoms with van der Waals surface area (Å²) >= 11 is 5.16. The largest absolute Gasteiger partial charge is 0.350 e. The average molecular weight is 396 g/mol. The summed E-state index contributed by atoms with van der Waals surface area (Å²) in [5.74, 6) is 0.449. The number of aryl methyl sites for hydroxylation is 1. The van der Waals surface area contributed by atoms with Gasteiger partial charge in [0.1, 0.15) is 5.82 Å². The lowest BCUT2D eigenvalue weighted by molar-refractivity contribution is 0.0952. The molecule has 0 unspecified atom stereocenters. The predicted molar refractivity (Wildman–Crippen MR) is 101 cm³/mol. The van der Waals surface area contributed by atoms with Crippen molar-refractivity contribution in [1.29, 1.82) is 0 Å². The van der Waals surface area contributed by atoms with Crippen molar-refractivity contribution < 1.29 is 13.2 Å². The van der Waals surface area contributed by atoms with Gasteiger partial charge in [-0.05, 0) is 30.4 Å². The summed E-state index contributed by atoms with van der Waals surface area (Å²) in [7, 11) is -3.68. The number of sulfonamides is 1. The van der Waals surface area contributed by atoms with Crippen LogP contribution in [0.1, 0.15) is 23.1 Å². The predicted octanol–water partition coefficient (Wildman–Crippen LogP) is 1.40. The molecule has 0 spiro atoms. The Kier molecular flexibility index (Phi) is 6.83. The first kappa shape index (κ1) is 20.0. The Bertz CT molecular complexity index is 947. The van der Waals surface area contributed by atoms with Crippen molar-refractivity contribution in [3.8, 4) is 0 Å². The highest BCUT2D eigenvalue weighted by Gasteiger charge is 2.15. The molecule has 2 aromatic rings. The molecular formula is C16H21N5O3S2. The maximum Gasteiger partial charge on any atom is 0.251 e. The summed E-state index contributed by atoms with van der Waals surface area (Å²) in [6.07, 6.45) is 2.16. The third-order valence-corrected chi connectivity index (χ3v) is 5.33. The summed E-state index contributed by atoms with van der Waals surface area (Å²) in [6, 6.07) is 5.85. The van der Waals surface area contributed by atoms with Crippen molar-refractivity contribution in [3.63, 3.8) is 0 Å². The third-order valence-electron chi connectivity index (χ3n) is 3.60. The van der Waals surface area contributed by atoms with E-state index in [9.17, 15) is 13.2 Å². The Balaban J connectivity index is 2.04. The number of hydrogen-bond acceptors (Lipinski definition) is 5. The maximum absolute atomic E-state index is 12.3. The SMILES string of the molecule is C=CCNS(=O)(=O)c1cccc(C(=O)NCCn2c(CC)n[nH]c2=S)c1. The average Bonchev–Trinajstić information content (AvgIpc) is 3.00. The highest BCUT2D eigenvalue weighted by atomic mass is 32.2. The fourth-order valence-electron chi connectivity index (χ4n) is 2.29. The van der Waals surface area contributed by atoms with Gasteiger partial charge in [0.25, 0.3) is 5.91 Å². The molecule has 0 bridgehead atoms. The minimum Gasteiger partial charge on any atom is -0.350 e. The molecule has 0 aliphatic rings. The zero-order chi connectivity index (χ0) is 19.2. The molecule has 0 fully saturated rings. The summed E-state index contributed by atoms with van der Waals surface area (Å²) in [5, 5.41) is 9.59. The number of rotatable bonds is 9. The smallest absolute Gasteiger partial charge is 0.251 e. The first-order valence-corrected chi connectivity index (χ1v) is 9.91. The van der Waals surface area contributed by atoms with E-state index in [0.29, 0.717) is 17.9 Å². The van der Waals surface area contributed by atoms with Gasteiger partial charge in [-0.1, -0.05) is 19.1 Å². The lowest BCUT2D eigenvalue weighted by Crippen LogP contribution is -2.28. The van der Waals surface area contributed by atoms with Gasteiger partial charge in [0.05, 0.1) is 4.90 Å². The number of aromatic nitrogens is 3. The van der Waals surface area contributed by atoms with Crippen LogP contribution in [0, 0.1) is 4.77 Å². The lowest BCUT2D eigenvalue weighted by atomic mass is 10.2. The van der Waals surface area contributed by atoms with Crippen LogP contribution in [-0.2, 0) is 23.0 Å². The number of carbonyl (C=O) groups excluding carboxylic acids is 1. The molecule has 0 atom stereocenters. The standard InChI is InChI=1S/C16H21N5O3S2/c1-3-8-18-26(23,24)13-7-5-6-12(11-13)15(22)17-9-10-21-14(4-2)19-20-16(21)25/h3,5-7,11,18H,1,4,8-10H2,2H3,(H,17,22)(H,20,25). The molecule has 3 N–H and O–H groups in total. The number of nitrogens with zero attached hydrogens (tertiary/aromatic N) is 2. The zero-order valence-electron chi connectivity index (χ0n) is 14.4. The fourth-order valence-corrected chi connectivity index (χ4v) is 3.58. The van der Waals surface area contributed by atoms with Crippen LogP contribution in [0.25, 0.3) is 0 Å². The van der Waals surface area contributed by atoms with E-state index in [4.69, 9.17) is 12.2 Å². The number of benzene rings is 1. The Morgan fingerprint density at radius 2 is 2.23 bits per heavy atom. The van der Waals surface area contributed by atoms with Crippen molar-refractivity contribution in [2.24, 2.45) is 0 Å². The number of H-pyrrole nitrogens is 1. The van der Waals surface area contributed by atoms with E-state index >= 15 is 0 Å². The summed E-state index contributed by atoms with van der Waals surface area (Å²) in [4.78, 5) is 12.3. The molecule has 2 rings (SSSR count). The Hall–Kier alpha value is -2.30. The summed E-state index contributed by atoms with van der Waals surface area (Å²) in [5.41, 5.74) is 0.262. The van der Waals surface area contributed by atoms with Gasteiger partial charge < -0.3 is 9.88 Å². The van der Waals surface area contributed by atoms with Crippen molar-refractivity contribution in [2.75, 3.05) is 13.1 Å². The summed E-state index contributed by atoms with van der Waals surface area (Å²) in [6.45, 7) is 6.36. The quantitative estimate of drug-likeness (QED) is 0.439. The molecule has 1 aromatic heterocycles. The van der Waals surface area contributed by atoms with Gasteiger partial charge in [-0.3, -0.25) is 9.89 Å². The second kappa shape index (κ2) is 8.88. The second-order valence-corrected chi connectivity index (χ2v) is 7.53. The van der Waals surface area contributed by atoms with Crippen LogP contribution < -0.4 is 10.0 Å². The molecule has 1 aromatic carbocycles. The van der Waals surface area contributed by atoms with Gasteiger partial charge in [0.2, 0.25) is 10.0 Å². The summed E-state index contributed by atoms with van der Waals surface area (Å²) < 4.78 is 28.9. The second-order valence-electron chi connectivity index (χ2n) is 5.37. The van der Waals surface area contributed by atoms with Crippen LogP contribution in [-0.4, -0.2) is 42.2 Å². The van der Waals surface area contributed by atoms with Gasteiger partial charge in [0.15, 0.2) is 4.77 Å². The van der Waals surface area contributed by atoms with Crippen molar-refractivity contribution in [2.45, 2.75) is 24.8 Å². The molecule has 0 saturated heterocycles. The molecule has 0 aliphatic heterocycles. The monoisotopic (exact) mass is 395 g/mol. The van der Waals surface area contributed by atoms with Crippen LogP contribution in [0.3, 0.4) is 0 Å². The number of amides is 1. The van der Waals surface area contributed by atoms with Gasteiger partial charge in [-0.25, -0.2) is 13.1 Å². The Labute approximate surface area is 157 Å². The Morgan fingerprint density at radius 1 is 1.46 bits per heavy atom. The van der Waals surface area contributed by atoms with Gasteiger partial charge in [-0.2, -0.15) is 5.10 Å². The zero-order valence-corrected chi connectivity index (χ0v) is 16.0. The molecule has 8 nitrogen and oxygen atoms in total. The molecule has 26 heavy (non-hydrogen) atoms. The van der Waals surface area contributed by atoms with Crippen LogP contribution in [0.2, 0.25) is 0 Å². The number of aromatic amines is 1. The van der Waals surface area contributed by atoms with E-state index < -0.39 is 10.0 Å². The van der Waals surface area contributed by atoms with Crippen molar-refractivity contribution >= 4 is 28.1 Å². The molecular weight excluding hydrogens is 374 g/mol. The van der Waals surface area contributed by atoms with Gasteiger partial charge in [0, 0.05) is 31.6 Å². The minimum atomic E-state index is -3.68. The molecule has 1 heterocycles. The first-order chi connectivity index (χ1) is 12.4. The molecule has 1 amide bonds. The first-order valence-electron chi connectivity index (χ1n) is 8.02. The lowest BCUT2D eigenvalue weighted by Gasteiger charge is -2.09. The minimum absolute atomic E-state index is 0.0253. The van der Waals surface area contributed by atoms with Crippen molar-refractivity contribution in [3.05, 3.63) is 53.1 Å². The van der Waals surface area contributed by atoms with E-state index in [1.165, 1.54) is 24.3 Å². The van der Waals surface area contributed by atoms with E-state index in [0.717, 1.165) is 12.2 Å². The molecule has 10 heteroatoms. The third kappa shape index (κ3) is 4.87. The highest BCUT2D eigenvalue weighted by Crippen LogP contribution is 2.11. The number of hydrogen-bond donors (Lipinski definition) is 3. The van der Waals surface area contributed by atoms with E-state index in [1.807, 2.05) is 11.5 Å². The molecule has 0 radical (unpaired) electrons. The maximum atomic E-state index is 12.3. The van der Waals surface area contributed by atoms with Crippen LogP contribution >= 0.6 is 12.2 Å². The van der Waals surface area contributed by atoms with Crippen molar-refractivity contribution in [1.82, 2.24) is 24.8 Å². The van der Waals surface area contributed by atoms with E-state index in [-0.39, 0.29) is 22.9 Å². The fraction of sp³-hybridized carbons (Fsp3) is 0.312. The van der Waals surface area contributed by atoms with Gasteiger partial charge >= 0.3 is 0 Å². The Morgan fingerprint density at radius 3 is 2.92 bits per heavy atom. The topological polar surface area (TPSA) is 109 Å². The molecule has 140 valence electrons. The van der Waals surface area contributed by atoms with Gasteiger partial charge in [-0.15, -0.1) is 6.58 Å². The van der Waals surface area contributed by atoms with E-state index in [2.05, 4.69) is 26.8 Å². The number of nitrogens with one attached hydrogen (secondary N) is 3. The molecule has 0 saturated carbocycles. The van der Waals surface area contributed by atoms with Crippen LogP contribution in [0.4, 0.5) is 0 Å². The van der Waals surface area contributed by atoms with Crippen LogP contribution in [0.15, 0.2) is 41.8 Å². The highest BCUT2D eigenvalue weighted by molar-refractivity contribution is 7.89.